The Labute approximate surface area is 51.1 Å². The van der Waals surface area contributed by atoms with Crippen molar-refractivity contribution in [2.24, 2.45) is 0 Å². The molecule has 0 aliphatic carbocycles. The number of hydrogen-bond acceptors (Lipinski definition) is 4. The van der Waals surface area contributed by atoms with Crippen LogP contribution in [-0.2, 0) is 0 Å². The van der Waals surface area contributed by atoms with Crippen molar-refractivity contribution in [1.29, 1.82) is 0 Å². The molecule has 0 spiro atoms. The van der Waals surface area contributed by atoms with Crippen molar-refractivity contribution in [2.75, 3.05) is 0 Å². The van der Waals surface area contributed by atoms with Gasteiger partial charge in [-0.25, -0.2) is 10.5 Å². The summed E-state index contributed by atoms with van der Waals surface area (Å²) < 4.78 is 4.81. The zero-order valence-electron chi connectivity index (χ0n) is 4.50. The molecular weight excluding hydrogens is 120 g/mol. The van der Waals surface area contributed by atoms with Crippen LogP contribution in [0.2, 0.25) is 0 Å². The maximum Gasteiger partial charge on any atom is 0.339 e. The van der Waals surface area contributed by atoms with Crippen molar-refractivity contribution >= 4 is 6.08 Å². The van der Waals surface area contributed by atoms with Crippen LogP contribution in [-0.4, -0.2) is 4.98 Å². The van der Waals surface area contributed by atoms with E-state index in [1.54, 1.807) is 12.3 Å². The molecule has 0 saturated heterocycles. The number of nitrogens with zero attached hydrogens (tertiary/aromatic N) is 1. The molecule has 0 atom stereocenters. The molecular formula is C5H4N2O2. The van der Waals surface area contributed by atoms with Gasteiger partial charge in [0.15, 0.2) is 12.1 Å². The highest BCUT2D eigenvalue weighted by atomic mass is 16.7. The zero-order valence-corrected chi connectivity index (χ0v) is 4.50. The van der Waals surface area contributed by atoms with E-state index in [0.717, 1.165) is 0 Å². The Morgan fingerprint density at radius 2 is 2.56 bits per heavy atom. The highest BCUT2D eigenvalue weighted by Crippen LogP contribution is 2.18. The fraction of sp³-hybridized carbons (Fsp3) is 0. The van der Waals surface area contributed by atoms with Crippen molar-refractivity contribution in [3.8, 4) is 5.95 Å². The predicted molar refractivity (Wildman–Crippen MR) is 29.3 cm³/mol. The van der Waals surface area contributed by atoms with Crippen LogP contribution in [0.3, 0.4) is 0 Å². The van der Waals surface area contributed by atoms with Crippen LogP contribution in [0.5, 0.6) is 5.95 Å². The zero-order chi connectivity index (χ0) is 6.10. The first-order chi connectivity index (χ1) is 4.47. The summed E-state index contributed by atoms with van der Waals surface area (Å²) >= 11 is 0. The van der Waals surface area contributed by atoms with Crippen LogP contribution in [0.1, 0.15) is 5.69 Å². The summed E-state index contributed by atoms with van der Waals surface area (Å²) in [7, 11) is 0. The van der Waals surface area contributed by atoms with Gasteiger partial charge in [-0.05, 0) is 6.08 Å². The summed E-state index contributed by atoms with van der Waals surface area (Å²) in [5.41, 5.74) is 3.23. The molecule has 0 radical (unpaired) electrons. The molecule has 0 unspecified atom stereocenters. The molecule has 9 heavy (non-hydrogen) atoms. The lowest BCUT2D eigenvalue weighted by atomic mass is 10.4. The number of aromatic nitrogens is 1. The molecule has 1 aromatic heterocycles. The van der Waals surface area contributed by atoms with Crippen molar-refractivity contribution in [3.05, 3.63) is 18.3 Å². The molecule has 46 valence electrons. The van der Waals surface area contributed by atoms with E-state index in [1.807, 2.05) is 0 Å². The maximum atomic E-state index is 4.81. The van der Waals surface area contributed by atoms with Crippen LogP contribution in [0.4, 0.5) is 0 Å². The monoisotopic (exact) mass is 124 g/mol. The van der Waals surface area contributed by atoms with Gasteiger partial charge in [-0.3, -0.25) is 0 Å². The quantitative estimate of drug-likeness (QED) is 0.548. The summed E-state index contributed by atoms with van der Waals surface area (Å²) in [6, 6.07) is 0. The van der Waals surface area contributed by atoms with E-state index < -0.39 is 0 Å². The number of rotatable bonds is 0. The number of hydrogen-bond donors (Lipinski definition) is 1. The van der Waals surface area contributed by atoms with E-state index >= 15 is 0 Å². The van der Waals surface area contributed by atoms with Gasteiger partial charge in [0.25, 0.3) is 0 Å². The Hall–Kier alpha value is -1.45. The highest BCUT2D eigenvalue weighted by Gasteiger charge is 2.08. The molecule has 0 saturated carbocycles. The van der Waals surface area contributed by atoms with E-state index in [-0.39, 0.29) is 0 Å². The van der Waals surface area contributed by atoms with Gasteiger partial charge < -0.3 is 9.25 Å². The molecule has 1 aromatic rings. The largest absolute Gasteiger partial charge is 0.411 e. The number of hydroxylamine groups is 1. The third-order valence-electron chi connectivity index (χ3n) is 1.02. The molecule has 4 nitrogen and oxygen atoms in total. The van der Waals surface area contributed by atoms with Gasteiger partial charge >= 0.3 is 5.95 Å². The van der Waals surface area contributed by atoms with Crippen LogP contribution in [0.15, 0.2) is 17.0 Å². The average molecular weight is 124 g/mol. The topological polar surface area (TPSA) is 47.3 Å². The van der Waals surface area contributed by atoms with E-state index in [0.29, 0.717) is 11.6 Å². The van der Waals surface area contributed by atoms with Crippen molar-refractivity contribution in [2.45, 2.75) is 0 Å². The number of fused-ring (bicyclic) bond motifs is 1. The molecule has 2 heterocycles. The molecule has 0 fully saturated rings. The van der Waals surface area contributed by atoms with Gasteiger partial charge in [0, 0.05) is 6.20 Å². The molecule has 1 aliphatic heterocycles. The van der Waals surface area contributed by atoms with Crippen molar-refractivity contribution < 1.29 is 9.25 Å². The number of oxazole rings is 1. The molecule has 0 amide bonds. The average Bonchev–Trinajstić information content (AvgIpc) is 2.33. The standard InChI is InChI=1S/C5H4N2O2/c1-2-7-9-5-4(1)6-3-8-5/h1-3,7H. The van der Waals surface area contributed by atoms with Crippen LogP contribution in [0.25, 0.3) is 6.08 Å². The van der Waals surface area contributed by atoms with Crippen LogP contribution < -0.4 is 10.3 Å². The molecule has 4 heteroatoms. The smallest absolute Gasteiger partial charge is 0.339 e. The van der Waals surface area contributed by atoms with Gasteiger partial charge in [0.1, 0.15) is 0 Å². The summed E-state index contributed by atoms with van der Waals surface area (Å²) in [6.07, 6.45) is 4.75. The second kappa shape index (κ2) is 1.51. The van der Waals surface area contributed by atoms with Gasteiger partial charge in [0.2, 0.25) is 0 Å². The number of nitrogens with one attached hydrogen (secondary N) is 1. The molecule has 1 N–H and O–H groups in total. The first-order valence-electron chi connectivity index (χ1n) is 2.49. The first kappa shape index (κ1) is 4.43. The summed E-state index contributed by atoms with van der Waals surface area (Å²) in [5, 5.41) is 0. The van der Waals surface area contributed by atoms with E-state index in [1.165, 1.54) is 6.39 Å². The lowest BCUT2D eigenvalue weighted by Gasteiger charge is -2.03. The fourth-order valence-corrected chi connectivity index (χ4v) is 0.632. The van der Waals surface area contributed by atoms with Crippen molar-refractivity contribution in [1.82, 2.24) is 10.5 Å². The predicted octanol–water partition coefficient (Wildman–Crippen LogP) is 0.542. The molecule has 2 rings (SSSR count). The fourth-order valence-electron chi connectivity index (χ4n) is 0.632. The Bertz CT molecular complexity index is 241. The third kappa shape index (κ3) is 0.561. The third-order valence-corrected chi connectivity index (χ3v) is 1.02. The van der Waals surface area contributed by atoms with E-state index in [2.05, 4.69) is 10.5 Å². The minimum absolute atomic E-state index is 0.414. The second-order valence-corrected chi connectivity index (χ2v) is 1.58. The van der Waals surface area contributed by atoms with Gasteiger partial charge in [-0.15, -0.1) is 0 Å². The Morgan fingerprint density at radius 1 is 1.56 bits per heavy atom. The maximum absolute atomic E-state index is 4.81. The SMILES string of the molecule is C1=Cc2ncoc2ON1. The highest BCUT2D eigenvalue weighted by molar-refractivity contribution is 5.49. The van der Waals surface area contributed by atoms with Crippen LogP contribution in [0, 0.1) is 0 Å². The summed E-state index contributed by atoms with van der Waals surface area (Å²) in [4.78, 5) is 8.64. The molecule has 0 aromatic carbocycles. The van der Waals surface area contributed by atoms with Gasteiger partial charge in [-0.1, -0.05) is 0 Å². The van der Waals surface area contributed by atoms with E-state index in [9.17, 15) is 0 Å². The molecule has 1 aliphatic rings. The molecule has 0 bridgehead atoms. The lowest BCUT2D eigenvalue weighted by molar-refractivity contribution is 0.180. The normalized spacial score (nSPS) is 13.8. The summed E-state index contributed by atoms with van der Waals surface area (Å²) in [5.74, 6) is 0.414. The first-order valence-corrected chi connectivity index (χ1v) is 2.49. The Morgan fingerprint density at radius 3 is 3.44 bits per heavy atom. The Kier molecular flexibility index (Phi) is 0.745. The Balaban J connectivity index is 2.53. The van der Waals surface area contributed by atoms with Gasteiger partial charge in [0.05, 0.1) is 0 Å². The van der Waals surface area contributed by atoms with Gasteiger partial charge in [-0.2, -0.15) is 0 Å². The summed E-state index contributed by atoms with van der Waals surface area (Å²) in [6.45, 7) is 0. The van der Waals surface area contributed by atoms with Crippen LogP contribution >= 0.6 is 0 Å². The van der Waals surface area contributed by atoms with E-state index in [4.69, 9.17) is 9.25 Å². The minimum Gasteiger partial charge on any atom is -0.411 e. The minimum atomic E-state index is 0.414. The van der Waals surface area contributed by atoms with Crippen molar-refractivity contribution in [3.63, 3.8) is 0 Å². The lowest BCUT2D eigenvalue weighted by Crippen LogP contribution is -2.13. The second-order valence-electron chi connectivity index (χ2n) is 1.58.